The molecule has 5 nitrogen and oxygen atoms in total. The Labute approximate surface area is 164 Å². The van der Waals surface area contributed by atoms with Gasteiger partial charge in [0.25, 0.3) is 0 Å². The van der Waals surface area contributed by atoms with Gasteiger partial charge in [0.1, 0.15) is 10.6 Å². The van der Waals surface area contributed by atoms with Crippen molar-refractivity contribution in [1.29, 1.82) is 0 Å². The summed E-state index contributed by atoms with van der Waals surface area (Å²) >= 11 is 3.44. The van der Waals surface area contributed by atoms with E-state index in [2.05, 4.69) is 31.9 Å². The van der Waals surface area contributed by atoms with Crippen molar-refractivity contribution in [3.8, 4) is 0 Å². The monoisotopic (exact) mass is 393 g/mol. The van der Waals surface area contributed by atoms with Crippen molar-refractivity contribution in [3.05, 3.63) is 10.4 Å². The van der Waals surface area contributed by atoms with Crippen LogP contribution in [-0.2, 0) is 17.8 Å². The fraction of sp³-hybridized carbons (Fsp3) is 0.684. The van der Waals surface area contributed by atoms with Crippen LogP contribution in [0.3, 0.4) is 0 Å². The Morgan fingerprint density at radius 3 is 2.69 bits per heavy atom. The third kappa shape index (κ3) is 3.23. The van der Waals surface area contributed by atoms with E-state index < -0.39 is 0 Å². The first-order chi connectivity index (χ1) is 12.6. The maximum absolute atomic E-state index is 6.18. The molecule has 2 aliphatic rings. The molecule has 142 valence electrons. The maximum atomic E-state index is 6.18. The van der Waals surface area contributed by atoms with Crippen LogP contribution in [0.2, 0.25) is 0 Å². The smallest absolute Gasteiger partial charge is 0.190 e. The number of ether oxygens (including phenoxy) is 1. The molecule has 0 aromatic carbocycles. The highest BCUT2D eigenvalue weighted by Gasteiger charge is 2.34. The molecule has 1 atom stereocenters. The van der Waals surface area contributed by atoms with Crippen molar-refractivity contribution in [2.24, 2.45) is 0 Å². The van der Waals surface area contributed by atoms with Crippen LogP contribution in [-0.4, -0.2) is 54.5 Å². The van der Waals surface area contributed by atoms with Gasteiger partial charge in [-0.15, -0.1) is 11.3 Å². The van der Waals surface area contributed by atoms with Gasteiger partial charge in [-0.3, -0.25) is 0 Å². The summed E-state index contributed by atoms with van der Waals surface area (Å²) in [6.07, 6.45) is 4.06. The average molecular weight is 394 g/mol. The SMILES string of the molecule is CC[NH+]1CCN(c2nc(SC)nc3sc4c(c23)C[C@@](C)(CC)OC4)CC1. The summed E-state index contributed by atoms with van der Waals surface area (Å²) in [5.41, 5.74) is 1.37. The van der Waals surface area contributed by atoms with E-state index in [-0.39, 0.29) is 5.60 Å². The number of hydrogen-bond donors (Lipinski definition) is 1. The van der Waals surface area contributed by atoms with Crippen LogP contribution in [0.25, 0.3) is 10.2 Å². The van der Waals surface area contributed by atoms with Crippen LogP contribution in [0, 0.1) is 0 Å². The van der Waals surface area contributed by atoms with E-state index in [1.54, 1.807) is 28.0 Å². The second-order valence-corrected chi connectivity index (χ2v) is 9.43. The maximum Gasteiger partial charge on any atom is 0.190 e. The highest BCUT2D eigenvalue weighted by atomic mass is 32.2. The highest BCUT2D eigenvalue weighted by molar-refractivity contribution is 7.98. The Kier molecular flexibility index (Phi) is 5.16. The summed E-state index contributed by atoms with van der Waals surface area (Å²) in [5.74, 6) is 1.16. The lowest BCUT2D eigenvalue weighted by molar-refractivity contribution is -0.898. The summed E-state index contributed by atoms with van der Waals surface area (Å²) in [7, 11) is 0. The zero-order chi connectivity index (χ0) is 18.3. The van der Waals surface area contributed by atoms with Gasteiger partial charge in [0.05, 0.1) is 50.3 Å². The molecule has 0 unspecified atom stereocenters. The van der Waals surface area contributed by atoms with Gasteiger partial charge in [-0.2, -0.15) is 0 Å². The fourth-order valence-electron chi connectivity index (χ4n) is 3.97. The standard InChI is InChI=1S/C19H28N4OS2/c1-5-19(3)11-13-14(12-24-19)26-17-15(13)16(20-18(21-17)25-4)23-9-7-22(6-2)8-10-23/h5-12H2,1-4H3/p+1/t19-/m1/s1. The molecule has 0 bridgehead atoms. The second kappa shape index (κ2) is 7.26. The van der Waals surface area contributed by atoms with Gasteiger partial charge >= 0.3 is 0 Å². The second-order valence-electron chi connectivity index (χ2n) is 7.58. The van der Waals surface area contributed by atoms with E-state index in [0.29, 0.717) is 6.61 Å². The quantitative estimate of drug-likeness (QED) is 0.638. The number of piperazine rings is 1. The number of hydrogen-bond acceptors (Lipinski definition) is 6. The van der Waals surface area contributed by atoms with Crippen LogP contribution in [0.4, 0.5) is 5.82 Å². The molecule has 2 aromatic rings. The van der Waals surface area contributed by atoms with Crippen LogP contribution >= 0.6 is 23.1 Å². The van der Waals surface area contributed by atoms with Crippen molar-refractivity contribution in [3.63, 3.8) is 0 Å². The number of fused-ring (bicyclic) bond motifs is 3. The minimum Gasteiger partial charge on any atom is -0.369 e. The molecular weight excluding hydrogens is 364 g/mol. The van der Waals surface area contributed by atoms with Crippen LogP contribution in [0.5, 0.6) is 0 Å². The predicted octanol–water partition coefficient (Wildman–Crippen LogP) is 2.38. The Bertz CT molecular complexity index is 800. The van der Waals surface area contributed by atoms with Crippen molar-refractivity contribution in [2.45, 2.75) is 51.0 Å². The van der Waals surface area contributed by atoms with E-state index in [4.69, 9.17) is 14.7 Å². The number of nitrogens with zero attached hydrogens (tertiary/aromatic N) is 3. The molecule has 1 N–H and O–H groups in total. The number of nitrogens with one attached hydrogen (secondary N) is 1. The minimum atomic E-state index is -0.0679. The first-order valence-electron chi connectivity index (χ1n) is 9.65. The van der Waals surface area contributed by atoms with Crippen molar-refractivity contribution in [2.75, 3.05) is 43.9 Å². The molecule has 0 aliphatic carbocycles. The summed E-state index contributed by atoms with van der Waals surface area (Å²) in [6, 6.07) is 0. The van der Waals surface area contributed by atoms with Crippen molar-refractivity contribution >= 4 is 39.1 Å². The van der Waals surface area contributed by atoms with Gasteiger partial charge in [-0.1, -0.05) is 18.7 Å². The lowest BCUT2D eigenvalue weighted by atomic mass is 9.90. The normalized spacial score (nSPS) is 24.2. The number of anilines is 1. The van der Waals surface area contributed by atoms with Gasteiger partial charge < -0.3 is 14.5 Å². The molecule has 2 aromatic heterocycles. The molecule has 4 rings (SSSR count). The topological polar surface area (TPSA) is 42.7 Å². The van der Waals surface area contributed by atoms with E-state index in [1.165, 1.54) is 35.5 Å². The highest BCUT2D eigenvalue weighted by Crippen LogP contribution is 2.43. The first kappa shape index (κ1) is 18.5. The van der Waals surface area contributed by atoms with Crippen molar-refractivity contribution in [1.82, 2.24) is 9.97 Å². The van der Waals surface area contributed by atoms with Crippen LogP contribution < -0.4 is 9.80 Å². The molecule has 2 aliphatic heterocycles. The molecule has 0 spiro atoms. The van der Waals surface area contributed by atoms with E-state index in [1.807, 2.05) is 0 Å². The third-order valence-electron chi connectivity index (χ3n) is 6.00. The molecule has 7 heteroatoms. The summed E-state index contributed by atoms with van der Waals surface area (Å²) in [5, 5.41) is 2.18. The average Bonchev–Trinajstić information content (AvgIpc) is 3.04. The Balaban J connectivity index is 1.80. The van der Waals surface area contributed by atoms with Gasteiger partial charge in [-0.05, 0) is 32.1 Å². The van der Waals surface area contributed by atoms with Gasteiger partial charge in [0.15, 0.2) is 5.16 Å². The first-order valence-corrected chi connectivity index (χ1v) is 11.7. The van der Waals surface area contributed by atoms with Gasteiger partial charge in [-0.25, -0.2) is 9.97 Å². The Hall–Kier alpha value is -0.890. The van der Waals surface area contributed by atoms with Crippen molar-refractivity contribution < 1.29 is 9.64 Å². The zero-order valence-electron chi connectivity index (χ0n) is 16.2. The molecule has 1 fully saturated rings. The Morgan fingerprint density at radius 1 is 1.27 bits per heavy atom. The summed E-state index contributed by atoms with van der Waals surface area (Å²) in [4.78, 5) is 16.5. The van der Waals surface area contributed by atoms with Gasteiger partial charge in [0, 0.05) is 11.3 Å². The van der Waals surface area contributed by atoms with E-state index in [0.717, 1.165) is 41.7 Å². The number of quaternary nitrogens is 1. The van der Waals surface area contributed by atoms with Crippen LogP contribution in [0.1, 0.15) is 37.6 Å². The number of thioether (sulfide) groups is 1. The molecular formula is C19H29N4OS2+. The summed E-state index contributed by atoms with van der Waals surface area (Å²) < 4.78 is 6.18. The number of likely N-dealkylation sites (N-methyl/N-ethyl adjacent to an activating group) is 1. The lowest BCUT2D eigenvalue weighted by Gasteiger charge is -2.35. The largest absolute Gasteiger partial charge is 0.369 e. The molecule has 26 heavy (non-hydrogen) atoms. The Morgan fingerprint density at radius 2 is 2.04 bits per heavy atom. The van der Waals surface area contributed by atoms with Crippen LogP contribution in [0.15, 0.2) is 5.16 Å². The molecule has 0 amide bonds. The van der Waals surface area contributed by atoms with E-state index >= 15 is 0 Å². The number of rotatable bonds is 4. The predicted molar refractivity (Wildman–Crippen MR) is 110 cm³/mol. The molecule has 1 saturated heterocycles. The summed E-state index contributed by atoms with van der Waals surface area (Å²) in [6.45, 7) is 13.2. The molecule has 0 saturated carbocycles. The number of thiophene rings is 1. The van der Waals surface area contributed by atoms with Gasteiger partial charge in [0.2, 0.25) is 0 Å². The third-order valence-corrected chi connectivity index (χ3v) is 7.64. The lowest BCUT2D eigenvalue weighted by Crippen LogP contribution is -3.14. The zero-order valence-corrected chi connectivity index (χ0v) is 17.9. The molecule has 4 heterocycles. The number of aromatic nitrogens is 2. The molecule has 0 radical (unpaired) electrons. The fourth-order valence-corrected chi connectivity index (χ4v) is 5.48. The minimum absolute atomic E-state index is 0.0679. The van der Waals surface area contributed by atoms with E-state index in [9.17, 15) is 0 Å².